The lowest BCUT2D eigenvalue weighted by atomic mass is 10.3. The molecule has 0 saturated carbocycles. The van der Waals surface area contributed by atoms with E-state index in [0.29, 0.717) is 11.8 Å². The molecule has 0 rings (SSSR count). The van der Waals surface area contributed by atoms with Crippen LogP contribution in [0.5, 0.6) is 0 Å². The van der Waals surface area contributed by atoms with E-state index < -0.39 is 17.0 Å². The Morgan fingerprint density at radius 3 is 2.50 bits per heavy atom. The predicted octanol–water partition coefficient (Wildman–Crippen LogP) is 1.81. The Morgan fingerprint density at radius 2 is 2.00 bits per heavy atom. The third kappa shape index (κ3) is 9.73. The molecular weight excluding hydrogens is 215 g/mol. The average molecular weight is 229 g/mol. The lowest BCUT2D eigenvalue weighted by Gasteiger charge is -1.99. The number of halogens is 3. The summed E-state index contributed by atoms with van der Waals surface area (Å²) in [6, 6.07) is 0. The molecule has 14 heavy (non-hydrogen) atoms. The van der Waals surface area contributed by atoms with Crippen molar-refractivity contribution >= 4 is 10.8 Å². The summed E-state index contributed by atoms with van der Waals surface area (Å²) in [7, 11) is 0.294. The van der Waals surface area contributed by atoms with E-state index in [0.717, 1.165) is 13.0 Å². The van der Waals surface area contributed by atoms with Crippen LogP contribution in [-0.2, 0) is 10.8 Å². The lowest BCUT2D eigenvalue weighted by Crippen LogP contribution is -2.08. The maximum absolute atomic E-state index is 11.6. The van der Waals surface area contributed by atoms with Gasteiger partial charge >= 0.3 is 6.18 Å². The Bertz CT molecular complexity index is 203. The summed E-state index contributed by atoms with van der Waals surface area (Å²) < 4.78 is 45.8. The van der Waals surface area contributed by atoms with Crippen molar-refractivity contribution in [1.29, 1.82) is 0 Å². The van der Waals surface area contributed by atoms with Gasteiger partial charge < -0.3 is 5.32 Å². The van der Waals surface area contributed by atoms with Crippen molar-refractivity contribution in [3.63, 3.8) is 0 Å². The van der Waals surface area contributed by atoms with Crippen molar-refractivity contribution in [2.24, 2.45) is 0 Å². The Labute approximate surface area is 84.0 Å². The summed E-state index contributed by atoms with van der Waals surface area (Å²) in [4.78, 5) is 0. The molecule has 0 heterocycles. The lowest BCUT2D eigenvalue weighted by molar-refractivity contribution is -0.0796. The number of allylic oxidation sites excluding steroid dienone is 1. The van der Waals surface area contributed by atoms with Crippen molar-refractivity contribution in [2.75, 3.05) is 19.3 Å². The van der Waals surface area contributed by atoms with Gasteiger partial charge in [0.2, 0.25) is 0 Å². The fourth-order valence-corrected chi connectivity index (χ4v) is 1.70. The molecule has 0 aromatic rings. The molecule has 0 saturated heterocycles. The molecule has 0 aromatic carbocycles. The SMILES string of the molecule is CNCCCCS(=O)/C=C/C(F)(F)F. The van der Waals surface area contributed by atoms with Crippen molar-refractivity contribution < 1.29 is 17.4 Å². The van der Waals surface area contributed by atoms with Crippen molar-refractivity contribution in [2.45, 2.75) is 19.0 Å². The van der Waals surface area contributed by atoms with Crippen LogP contribution in [0.25, 0.3) is 0 Å². The van der Waals surface area contributed by atoms with Gasteiger partial charge in [0, 0.05) is 28.0 Å². The van der Waals surface area contributed by atoms with Gasteiger partial charge in [-0.15, -0.1) is 0 Å². The molecule has 0 aliphatic heterocycles. The van der Waals surface area contributed by atoms with Crippen LogP contribution in [0.2, 0.25) is 0 Å². The minimum atomic E-state index is -4.36. The number of rotatable bonds is 6. The van der Waals surface area contributed by atoms with Gasteiger partial charge in [0.05, 0.1) is 0 Å². The fourth-order valence-electron chi connectivity index (χ4n) is 0.767. The van der Waals surface area contributed by atoms with Crippen LogP contribution >= 0.6 is 0 Å². The molecule has 0 aliphatic rings. The highest BCUT2D eigenvalue weighted by molar-refractivity contribution is 7.87. The largest absolute Gasteiger partial charge is 0.410 e. The molecule has 1 N–H and O–H groups in total. The topological polar surface area (TPSA) is 29.1 Å². The summed E-state index contributed by atoms with van der Waals surface area (Å²) in [5, 5.41) is 3.61. The highest BCUT2D eigenvalue weighted by atomic mass is 32.2. The molecule has 84 valence electrons. The first kappa shape index (κ1) is 13.6. The van der Waals surface area contributed by atoms with E-state index >= 15 is 0 Å². The summed E-state index contributed by atoms with van der Waals surface area (Å²) in [5.41, 5.74) is 0. The van der Waals surface area contributed by atoms with Crippen molar-refractivity contribution in [3.05, 3.63) is 11.5 Å². The zero-order valence-electron chi connectivity index (χ0n) is 7.93. The fraction of sp³-hybridized carbons (Fsp3) is 0.750. The van der Waals surface area contributed by atoms with Crippen molar-refractivity contribution in [3.8, 4) is 0 Å². The van der Waals surface area contributed by atoms with Crippen LogP contribution in [0.3, 0.4) is 0 Å². The molecule has 0 aliphatic carbocycles. The number of alkyl halides is 3. The highest BCUT2D eigenvalue weighted by Gasteiger charge is 2.22. The zero-order chi connectivity index (χ0) is 11.0. The van der Waals surface area contributed by atoms with Gasteiger partial charge in [-0.05, 0) is 26.4 Å². The zero-order valence-corrected chi connectivity index (χ0v) is 8.75. The van der Waals surface area contributed by atoms with Crippen LogP contribution in [0.1, 0.15) is 12.8 Å². The van der Waals surface area contributed by atoms with Gasteiger partial charge in [0.25, 0.3) is 0 Å². The van der Waals surface area contributed by atoms with Crippen LogP contribution in [-0.4, -0.2) is 29.7 Å². The van der Waals surface area contributed by atoms with Gasteiger partial charge in [-0.3, -0.25) is 4.21 Å². The molecule has 6 heteroatoms. The van der Waals surface area contributed by atoms with E-state index in [1.807, 2.05) is 0 Å². The van der Waals surface area contributed by atoms with Crippen LogP contribution < -0.4 is 5.32 Å². The minimum absolute atomic E-state index is 0.0290. The number of hydrogen-bond donors (Lipinski definition) is 1. The highest BCUT2D eigenvalue weighted by Crippen LogP contribution is 2.16. The second kappa shape index (κ2) is 7.00. The van der Waals surface area contributed by atoms with Gasteiger partial charge in [0.15, 0.2) is 0 Å². The predicted molar refractivity (Wildman–Crippen MR) is 51.4 cm³/mol. The van der Waals surface area contributed by atoms with E-state index in [1.54, 1.807) is 7.05 Å². The summed E-state index contributed by atoms with van der Waals surface area (Å²) in [6.07, 6.45) is -2.85. The summed E-state index contributed by atoms with van der Waals surface area (Å²) in [5.74, 6) is 0.286. The number of nitrogens with one attached hydrogen (secondary N) is 1. The maximum Gasteiger partial charge on any atom is 0.410 e. The minimum Gasteiger partial charge on any atom is -0.320 e. The molecule has 0 bridgehead atoms. The van der Waals surface area contributed by atoms with E-state index in [-0.39, 0.29) is 11.8 Å². The van der Waals surface area contributed by atoms with E-state index in [2.05, 4.69) is 5.32 Å². The third-order valence-corrected chi connectivity index (χ3v) is 2.56. The van der Waals surface area contributed by atoms with Gasteiger partial charge in [-0.25, -0.2) is 0 Å². The summed E-state index contributed by atoms with van der Waals surface area (Å²) in [6.45, 7) is 0.792. The Kier molecular flexibility index (Phi) is 6.82. The average Bonchev–Trinajstić information content (AvgIpc) is 2.08. The summed E-state index contributed by atoms with van der Waals surface area (Å²) >= 11 is 0. The van der Waals surface area contributed by atoms with E-state index in [4.69, 9.17) is 0 Å². The van der Waals surface area contributed by atoms with Crippen LogP contribution in [0.4, 0.5) is 13.2 Å². The molecule has 0 aromatic heterocycles. The smallest absolute Gasteiger partial charge is 0.320 e. The van der Waals surface area contributed by atoms with Gasteiger partial charge in [0.1, 0.15) is 0 Å². The number of hydrogen-bond acceptors (Lipinski definition) is 2. The first-order valence-corrected chi connectivity index (χ1v) is 5.62. The molecule has 2 nitrogen and oxygen atoms in total. The second-order valence-electron chi connectivity index (χ2n) is 2.74. The Morgan fingerprint density at radius 1 is 1.36 bits per heavy atom. The second-order valence-corrected chi connectivity index (χ2v) is 4.18. The van der Waals surface area contributed by atoms with Gasteiger partial charge in [-0.1, -0.05) is 0 Å². The van der Waals surface area contributed by atoms with E-state index in [1.165, 1.54) is 0 Å². The van der Waals surface area contributed by atoms with Crippen LogP contribution in [0.15, 0.2) is 11.5 Å². The normalized spacial score (nSPS) is 14.9. The number of unbranched alkanes of at least 4 members (excludes halogenated alkanes) is 1. The Balaban J connectivity index is 3.61. The van der Waals surface area contributed by atoms with Crippen molar-refractivity contribution in [1.82, 2.24) is 5.32 Å². The molecular formula is C8H14F3NOS. The molecule has 1 unspecified atom stereocenters. The maximum atomic E-state index is 11.6. The molecule has 0 radical (unpaired) electrons. The van der Waals surface area contributed by atoms with E-state index in [9.17, 15) is 17.4 Å². The molecule has 0 fully saturated rings. The molecule has 1 atom stereocenters. The Hall–Kier alpha value is -0.360. The first-order valence-electron chi connectivity index (χ1n) is 4.23. The van der Waals surface area contributed by atoms with Crippen LogP contribution in [0, 0.1) is 0 Å². The molecule has 0 amide bonds. The standard InChI is InChI=1S/C8H14F3NOS/c1-12-5-2-3-6-14(13)7-4-8(9,10)11/h4,7,12H,2-3,5-6H2,1H3/b7-4+. The third-order valence-electron chi connectivity index (χ3n) is 1.43. The first-order chi connectivity index (χ1) is 6.45. The quantitative estimate of drug-likeness (QED) is 0.704. The van der Waals surface area contributed by atoms with Gasteiger partial charge in [-0.2, -0.15) is 13.2 Å². The monoisotopic (exact) mass is 229 g/mol. The molecule has 0 spiro atoms.